The van der Waals surface area contributed by atoms with E-state index in [4.69, 9.17) is 0 Å². The van der Waals surface area contributed by atoms with Gasteiger partial charge in [-0.2, -0.15) is 0 Å². The molecule has 0 heterocycles. The Morgan fingerprint density at radius 2 is 0.938 bits per heavy atom. The summed E-state index contributed by atoms with van der Waals surface area (Å²) >= 11 is -4.18. The van der Waals surface area contributed by atoms with Crippen LogP contribution in [0, 0.1) is 11.8 Å². The number of hydrogen-bond donors (Lipinski definition) is 0. The first-order chi connectivity index (χ1) is 22.8. The number of benzene rings is 4. The molecule has 0 N–H and O–H groups in total. The Labute approximate surface area is 293 Å². The first-order valence-corrected chi connectivity index (χ1v) is 31.8. The summed E-state index contributed by atoms with van der Waals surface area (Å²) in [6.45, 7) is 18.9. The van der Waals surface area contributed by atoms with Gasteiger partial charge in [0.15, 0.2) is 0 Å². The first-order valence-electron chi connectivity index (χ1n) is 18.7. The quantitative estimate of drug-likeness (QED) is 0.140. The van der Waals surface area contributed by atoms with Gasteiger partial charge < -0.3 is 0 Å². The van der Waals surface area contributed by atoms with Crippen molar-refractivity contribution >= 4 is 15.4 Å². The van der Waals surface area contributed by atoms with E-state index in [9.17, 15) is 0 Å². The van der Waals surface area contributed by atoms with Gasteiger partial charge in [0.1, 0.15) is 0 Å². The van der Waals surface area contributed by atoms with Crippen LogP contribution in [0.3, 0.4) is 0 Å². The second-order valence-electron chi connectivity index (χ2n) is 17.3. The summed E-state index contributed by atoms with van der Waals surface area (Å²) in [6, 6.07) is 32.9. The molecule has 6 rings (SSSR count). The number of hydrogen-bond acceptors (Lipinski definition) is 0. The summed E-state index contributed by atoms with van der Waals surface area (Å²) in [5, 5.41) is 0. The molecule has 48 heavy (non-hydrogen) atoms. The van der Waals surface area contributed by atoms with Gasteiger partial charge in [0.05, 0.1) is 0 Å². The van der Waals surface area contributed by atoms with Crippen molar-refractivity contribution in [1.82, 2.24) is 0 Å². The van der Waals surface area contributed by atoms with E-state index in [1.54, 1.807) is 11.1 Å². The summed E-state index contributed by atoms with van der Waals surface area (Å²) in [7, 11) is 0. The zero-order valence-electron chi connectivity index (χ0n) is 31.3. The molecular weight excluding hydrogens is 743 g/mol. The topological polar surface area (TPSA) is 0 Å². The standard InChI is InChI=1S/2C18H17.C9H18.2CH3.Hf/c2*1-13(2)15-8-3-9-16(12-15)18-11-5-7-14-6-4-10-17(14)18;1-8(2)6-5-7-9(3)4;;;/h2*3-13H,1-2H3;8-9H,6-7H2,1-4H3;2*1H3;. The molecule has 0 aromatic heterocycles. The summed E-state index contributed by atoms with van der Waals surface area (Å²) in [6.07, 6.45) is 12.8. The molecule has 0 saturated carbocycles. The van der Waals surface area contributed by atoms with Crippen LogP contribution >= 0.6 is 0 Å². The monoisotopic (exact) mass is 802 g/mol. The molecule has 4 aromatic carbocycles. The third-order valence-corrected chi connectivity index (χ3v) is 38.8. The molecule has 2 atom stereocenters. The van der Waals surface area contributed by atoms with Gasteiger partial charge >= 0.3 is 295 Å². The molecule has 2 aliphatic carbocycles. The number of rotatable bonds is 10. The number of fused-ring (bicyclic) bond motifs is 2. The summed E-state index contributed by atoms with van der Waals surface area (Å²) in [5.74, 6) is 2.30. The van der Waals surface area contributed by atoms with E-state index in [1.807, 2.05) is 3.26 Å². The summed E-state index contributed by atoms with van der Waals surface area (Å²) in [5.41, 5.74) is 14.3. The van der Waals surface area contributed by atoms with Crippen LogP contribution in [0.5, 0.6) is 0 Å². The van der Waals surface area contributed by atoms with Crippen molar-refractivity contribution in [3.63, 3.8) is 0 Å². The SMILES string of the molecule is CC(C)C[C](CC(C)C)=[Hf]([CH3])([CH3])([CH]1C=Cc2c(-c3cccc(C(C)C)c3)cccc21)[CH]1C=Cc2c(-c3cccc(C(C)C)c3)cccc21. The van der Waals surface area contributed by atoms with Crippen molar-refractivity contribution in [2.75, 3.05) is 0 Å². The Morgan fingerprint density at radius 3 is 1.31 bits per heavy atom. The van der Waals surface area contributed by atoms with Crippen LogP contribution in [0.25, 0.3) is 34.4 Å². The predicted octanol–water partition coefficient (Wildman–Crippen LogP) is 14.2. The molecule has 0 amide bonds. The second kappa shape index (κ2) is 13.4. The van der Waals surface area contributed by atoms with Crippen LogP contribution in [-0.2, 0) is 18.0 Å². The molecular formula is C47H58Hf. The fraction of sp³-hybridized carbons (Fsp3) is 0.383. The van der Waals surface area contributed by atoms with E-state index in [2.05, 4.69) is 174 Å². The zero-order chi connectivity index (χ0) is 34.4. The number of allylic oxidation sites excluding steroid dienone is 2. The summed E-state index contributed by atoms with van der Waals surface area (Å²) in [4.78, 5) is 0. The van der Waals surface area contributed by atoms with Gasteiger partial charge in [-0.05, 0) is 0 Å². The van der Waals surface area contributed by atoms with Crippen molar-refractivity contribution in [1.29, 1.82) is 0 Å². The molecule has 0 saturated heterocycles. The van der Waals surface area contributed by atoms with Crippen LogP contribution < -0.4 is 0 Å². The molecule has 4 aromatic rings. The molecule has 250 valence electrons. The van der Waals surface area contributed by atoms with Gasteiger partial charge in [0, 0.05) is 0 Å². The average Bonchev–Trinajstić information content (AvgIpc) is 3.70. The minimum absolute atomic E-state index is 0.464. The Hall–Kier alpha value is -2.90. The van der Waals surface area contributed by atoms with Crippen molar-refractivity contribution in [3.8, 4) is 22.3 Å². The van der Waals surface area contributed by atoms with Gasteiger partial charge in [0.2, 0.25) is 0 Å². The third kappa shape index (κ3) is 6.19. The van der Waals surface area contributed by atoms with Crippen LogP contribution in [0.1, 0.15) is 121 Å². The van der Waals surface area contributed by atoms with E-state index in [1.165, 1.54) is 57.3 Å². The molecule has 2 unspecified atom stereocenters. The van der Waals surface area contributed by atoms with Crippen molar-refractivity contribution in [3.05, 3.63) is 130 Å². The van der Waals surface area contributed by atoms with Gasteiger partial charge in [0.25, 0.3) is 0 Å². The molecule has 0 aliphatic heterocycles. The van der Waals surface area contributed by atoms with E-state index >= 15 is 0 Å². The maximum atomic E-state index is 2.85. The van der Waals surface area contributed by atoms with E-state index < -0.39 is 18.0 Å². The Balaban J connectivity index is 1.58. The average molecular weight is 801 g/mol. The van der Waals surface area contributed by atoms with Crippen LogP contribution in [-0.4, -0.2) is 3.26 Å². The van der Waals surface area contributed by atoms with Crippen LogP contribution in [0.15, 0.2) is 97.1 Å². The Kier molecular flexibility index (Phi) is 9.78. The fourth-order valence-electron chi connectivity index (χ4n) is 9.20. The van der Waals surface area contributed by atoms with E-state index in [-0.39, 0.29) is 0 Å². The zero-order valence-corrected chi connectivity index (χ0v) is 34.9. The first kappa shape index (κ1) is 34.9. The fourth-order valence-corrected chi connectivity index (χ4v) is 34.9. The van der Waals surface area contributed by atoms with E-state index in [0.29, 0.717) is 31.0 Å². The van der Waals surface area contributed by atoms with Crippen molar-refractivity contribution in [2.24, 2.45) is 11.8 Å². The van der Waals surface area contributed by atoms with E-state index in [0.717, 1.165) is 0 Å². The molecule has 1 heteroatoms. The van der Waals surface area contributed by atoms with Crippen molar-refractivity contribution < 1.29 is 18.0 Å². The normalized spacial score (nSPS) is 17.2. The predicted molar refractivity (Wildman–Crippen MR) is 211 cm³/mol. The van der Waals surface area contributed by atoms with Gasteiger partial charge in [-0.1, -0.05) is 0 Å². The maximum absolute atomic E-state index is 4.18. The summed E-state index contributed by atoms with van der Waals surface area (Å²) < 4.78 is 8.55. The molecule has 0 bridgehead atoms. The Bertz CT molecular complexity index is 1820. The van der Waals surface area contributed by atoms with Crippen molar-refractivity contribution in [2.45, 2.75) is 96.8 Å². The van der Waals surface area contributed by atoms with Crippen LogP contribution in [0.2, 0.25) is 9.36 Å². The van der Waals surface area contributed by atoms with Gasteiger partial charge in [-0.25, -0.2) is 0 Å². The molecule has 0 nitrogen and oxygen atoms in total. The molecule has 2 aliphatic rings. The minimum atomic E-state index is -4.18. The molecule has 0 spiro atoms. The van der Waals surface area contributed by atoms with Gasteiger partial charge in [-0.15, -0.1) is 0 Å². The molecule has 0 fully saturated rings. The third-order valence-electron chi connectivity index (χ3n) is 11.9. The van der Waals surface area contributed by atoms with Crippen LogP contribution in [0.4, 0.5) is 0 Å². The van der Waals surface area contributed by atoms with Gasteiger partial charge in [-0.3, -0.25) is 0 Å². The Morgan fingerprint density at radius 1 is 0.542 bits per heavy atom. The molecule has 0 radical (unpaired) electrons. The second-order valence-corrected chi connectivity index (χ2v) is 43.0.